The predicted octanol–water partition coefficient (Wildman–Crippen LogP) is 1.38. The molecule has 2 rings (SSSR count). The van der Waals surface area contributed by atoms with Gasteiger partial charge in [-0.25, -0.2) is 8.42 Å². The zero-order chi connectivity index (χ0) is 17.0. The van der Waals surface area contributed by atoms with E-state index in [0.29, 0.717) is 23.7 Å². The fourth-order valence-electron chi connectivity index (χ4n) is 2.95. The van der Waals surface area contributed by atoms with Crippen LogP contribution in [0.5, 0.6) is 5.75 Å². The predicted molar refractivity (Wildman–Crippen MR) is 90.0 cm³/mol. The van der Waals surface area contributed by atoms with E-state index < -0.39 is 10.0 Å². The molecule has 23 heavy (non-hydrogen) atoms. The first-order valence-corrected chi connectivity index (χ1v) is 9.40. The standard InChI is InChI=1S/C15H23N3O4S/c1-22-14-8-11(6-7-13(14)18-23(2,20)21)17-15(19)12-5-3-4-10(12)9-16/h6-8,10,12,18H,3-5,9,16H2,1-2H3,(H,17,19)/t10-,12-/m1/s1. The minimum atomic E-state index is -3.40. The molecule has 1 aliphatic rings. The molecule has 0 heterocycles. The maximum atomic E-state index is 12.4. The van der Waals surface area contributed by atoms with Gasteiger partial charge in [0.2, 0.25) is 15.9 Å². The lowest BCUT2D eigenvalue weighted by Crippen LogP contribution is -2.29. The highest BCUT2D eigenvalue weighted by atomic mass is 32.2. The molecule has 1 amide bonds. The van der Waals surface area contributed by atoms with Crippen LogP contribution in [0, 0.1) is 11.8 Å². The fraction of sp³-hybridized carbons (Fsp3) is 0.533. The summed E-state index contributed by atoms with van der Waals surface area (Å²) in [5.74, 6) is 0.446. The number of anilines is 2. The highest BCUT2D eigenvalue weighted by Crippen LogP contribution is 2.33. The van der Waals surface area contributed by atoms with Crippen molar-refractivity contribution in [3.63, 3.8) is 0 Å². The molecule has 1 aromatic rings. The molecule has 1 saturated carbocycles. The first-order valence-electron chi connectivity index (χ1n) is 7.51. The van der Waals surface area contributed by atoms with Crippen LogP contribution in [-0.4, -0.2) is 34.2 Å². The molecule has 0 radical (unpaired) electrons. The van der Waals surface area contributed by atoms with Gasteiger partial charge in [0.05, 0.1) is 19.1 Å². The van der Waals surface area contributed by atoms with E-state index in [1.807, 2.05) is 0 Å². The quantitative estimate of drug-likeness (QED) is 0.724. The van der Waals surface area contributed by atoms with Crippen LogP contribution in [0.4, 0.5) is 11.4 Å². The van der Waals surface area contributed by atoms with Gasteiger partial charge in [-0.05, 0) is 37.4 Å². The summed E-state index contributed by atoms with van der Waals surface area (Å²) in [4.78, 5) is 12.4. The van der Waals surface area contributed by atoms with Gasteiger partial charge in [-0.15, -0.1) is 0 Å². The Morgan fingerprint density at radius 3 is 2.74 bits per heavy atom. The second kappa shape index (κ2) is 7.18. The third-order valence-electron chi connectivity index (χ3n) is 4.06. The highest BCUT2D eigenvalue weighted by Gasteiger charge is 2.31. The zero-order valence-corrected chi connectivity index (χ0v) is 14.2. The zero-order valence-electron chi connectivity index (χ0n) is 13.3. The molecule has 8 heteroatoms. The maximum absolute atomic E-state index is 12.4. The number of carbonyl (C=O) groups is 1. The summed E-state index contributed by atoms with van der Waals surface area (Å²) in [7, 11) is -1.96. The summed E-state index contributed by atoms with van der Waals surface area (Å²) in [5, 5.41) is 2.86. The van der Waals surface area contributed by atoms with Crippen LogP contribution in [0.25, 0.3) is 0 Å². The SMILES string of the molecule is COc1cc(NC(=O)[C@@H]2CCC[C@@H]2CN)ccc1NS(C)(=O)=O. The summed E-state index contributed by atoms with van der Waals surface area (Å²) in [6.45, 7) is 0.513. The van der Waals surface area contributed by atoms with Crippen molar-refractivity contribution in [2.45, 2.75) is 19.3 Å². The van der Waals surface area contributed by atoms with Crippen LogP contribution < -0.4 is 20.5 Å². The van der Waals surface area contributed by atoms with Gasteiger partial charge in [-0.2, -0.15) is 0 Å². The molecule has 0 aromatic heterocycles. The van der Waals surface area contributed by atoms with Gasteiger partial charge >= 0.3 is 0 Å². The van der Waals surface area contributed by atoms with Crippen molar-refractivity contribution in [1.29, 1.82) is 0 Å². The Morgan fingerprint density at radius 1 is 1.39 bits per heavy atom. The van der Waals surface area contributed by atoms with E-state index in [4.69, 9.17) is 10.5 Å². The summed E-state index contributed by atoms with van der Waals surface area (Å²) >= 11 is 0. The first-order chi connectivity index (χ1) is 10.8. The van der Waals surface area contributed by atoms with Crippen LogP contribution in [-0.2, 0) is 14.8 Å². The Morgan fingerprint density at radius 2 is 2.13 bits per heavy atom. The van der Waals surface area contributed by atoms with Crippen LogP contribution in [0.2, 0.25) is 0 Å². The lowest BCUT2D eigenvalue weighted by atomic mass is 9.95. The van der Waals surface area contributed by atoms with Crippen molar-refractivity contribution in [3.8, 4) is 5.75 Å². The molecule has 1 aliphatic carbocycles. The molecule has 1 aromatic carbocycles. The van der Waals surface area contributed by atoms with Gasteiger partial charge in [0, 0.05) is 17.7 Å². The lowest BCUT2D eigenvalue weighted by Gasteiger charge is -2.18. The first kappa shape index (κ1) is 17.6. The summed E-state index contributed by atoms with van der Waals surface area (Å²) in [6, 6.07) is 4.79. The minimum Gasteiger partial charge on any atom is -0.494 e. The van der Waals surface area contributed by atoms with E-state index in [-0.39, 0.29) is 17.7 Å². The Kier molecular flexibility index (Phi) is 5.48. The highest BCUT2D eigenvalue weighted by molar-refractivity contribution is 7.92. The number of amides is 1. The number of nitrogens with two attached hydrogens (primary N) is 1. The minimum absolute atomic E-state index is 0.0520. The van der Waals surface area contributed by atoms with E-state index >= 15 is 0 Å². The Balaban J connectivity index is 2.13. The van der Waals surface area contributed by atoms with E-state index in [1.165, 1.54) is 7.11 Å². The second-order valence-electron chi connectivity index (χ2n) is 5.81. The van der Waals surface area contributed by atoms with Crippen LogP contribution in [0.15, 0.2) is 18.2 Å². The Labute approximate surface area is 136 Å². The number of carbonyl (C=O) groups excluding carboxylic acids is 1. The summed E-state index contributed by atoms with van der Waals surface area (Å²) in [5.41, 5.74) is 6.61. The number of methoxy groups -OCH3 is 1. The number of rotatable bonds is 6. The number of benzene rings is 1. The van der Waals surface area contributed by atoms with Crippen LogP contribution in [0.3, 0.4) is 0 Å². The van der Waals surface area contributed by atoms with Crippen LogP contribution in [0.1, 0.15) is 19.3 Å². The topological polar surface area (TPSA) is 111 Å². The normalized spacial score (nSPS) is 21.0. The largest absolute Gasteiger partial charge is 0.494 e. The van der Waals surface area contributed by atoms with Gasteiger partial charge in [-0.3, -0.25) is 9.52 Å². The molecular formula is C15H23N3O4S. The fourth-order valence-corrected chi connectivity index (χ4v) is 3.52. The van der Waals surface area contributed by atoms with Crippen molar-refractivity contribution in [2.75, 3.05) is 29.9 Å². The molecule has 0 spiro atoms. The lowest BCUT2D eigenvalue weighted by molar-refractivity contribution is -0.120. The molecule has 128 valence electrons. The van der Waals surface area contributed by atoms with Gasteiger partial charge in [0.25, 0.3) is 0 Å². The van der Waals surface area contributed by atoms with E-state index in [9.17, 15) is 13.2 Å². The number of hydrogen-bond donors (Lipinski definition) is 3. The van der Waals surface area contributed by atoms with E-state index in [0.717, 1.165) is 25.5 Å². The smallest absolute Gasteiger partial charge is 0.229 e. The van der Waals surface area contributed by atoms with Crippen molar-refractivity contribution in [3.05, 3.63) is 18.2 Å². The Hall–Kier alpha value is -1.80. The molecule has 4 N–H and O–H groups in total. The van der Waals surface area contributed by atoms with E-state index in [1.54, 1.807) is 18.2 Å². The van der Waals surface area contributed by atoms with Gasteiger partial charge < -0.3 is 15.8 Å². The molecule has 0 saturated heterocycles. The van der Waals surface area contributed by atoms with E-state index in [2.05, 4.69) is 10.0 Å². The number of sulfonamides is 1. The summed E-state index contributed by atoms with van der Waals surface area (Å²) in [6.07, 6.45) is 3.91. The monoisotopic (exact) mass is 341 g/mol. The number of nitrogens with one attached hydrogen (secondary N) is 2. The Bertz CT molecular complexity index is 675. The average Bonchev–Trinajstić information content (AvgIpc) is 2.96. The number of hydrogen-bond acceptors (Lipinski definition) is 5. The molecule has 2 atom stereocenters. The van der Waals surface area contributed by atoms with Crippen molar-refractivity contribution in [2.24, 2.45) is 17.6 Å². The molecular weight excluding hydrogens is 318 g/mol. The van der Waals surface area contributed by atoms with Crippen molar-refractivity contribution in [1.82, 2.24) is 0 Å². The summed E-state index contributed by atoms with van der Waals surface area (Å²) < 4.78 is 30.2. The molecule has 0 bridgehead atoms. The second-order valence-corrected chi connectivity index (χ2v) is 7.56. The van der Waals surface area contributed by atoms with Gasteiger partial charge in [0.15, 0.2) is 0 Å². The maximum Gasteiger partial charge on any atom is 0.229 e. The molecule has 0 unspecified atom stereocenters. The molecule has 1 fully saturated rings. The molecule has 7 nitrogen and oxygen atoms in total. The molecule has 0 aliphatic heterocycles. The van der Waals surface area contributed by atoms with Gasteiger partial charge in [-0.1, -0.05) is 6.42 Å². The third kappa shape index (κ3) is 4.59. The van der Waals surface area contributed by atoms with Crippen molar-refractivity contribution >= 4 is 27.3 Å². The van der Waals surface area contributed by atoms with Gasteiger partial charge in [0.1, 0.15) is 5.75 Å². The van der Waals surface area contributed by atoms with Crippen LogP contribution >= 0.6 is 0 Å². The number of ether oxygens (including phenoxy) is 1. The van der Waals surface area contributed by atoms with Crippen molar-refractivity contribution < 1.29 is 17.9 Å². The average molecular weight is 341 g/mol. The third-order valence-corrected chi connectivity index (χ3v) is 4.65.